The molecule has 1 aromatic rings. The van der Waals surface area contributed by atoms with E-state index in [1.165, 1.54) is 0 Å². The summed E-state index contributed by atoms with van der Waals surface area (Å²) in [7, 11) is 0. The maximum absolute atomic E-state index is 12.2. The summed E-state index contributed by atoms with van der Waals surface area (Å²) in [5.41, 5.74) is -0.355. The molecular weight excluding hydrogens is 342 g/mol. The van der Waals surface area contributed by atoms with Crippen LogP contribution in [-0.4, -0.2) is 47.6 Å². The van der Waals surface area contributed by atoms with E-state index in [0.29, 0.717) is 5.75 Å². The monoisotopic (exact) mass is 369 g/mol. The maximum Gasteiger partial charge on any atom is 0.326 e. The van der Waals surface area contributed by atoms with E-state index in [-0.39, 0.29) is 18.6 Å². The Hall–Kier alpha value is -1.73. The van der Waals surface area contributed by atoms with Crippen molar-refractivity contribution < 1.29 is 24.2 Å². The van der Waals surface area contributed by atoms with E-state index in [4.69, 9.17) is 9.47 Å². The van der Waals surface area contributed by atoms with Crippen LogP contribution < -0.4 is 10.1 Å². The summed E-state index contributed by atoms with van der Waals surface area (Å²) in [4.78, 5) is 24.6. The van der Waals surface area contributed by atoms with E-state index in [2.05, 4.69) is 5.32 Å². The summed E-state index contributed by atoms with van der Waals surface area (Å²) < 4.78 is 11.1. The van der Waals surface area contributed by atoms with Crippen molar-refractivity contribution in [2.75, 3.05) is 12.9 Å². The highest BCUT2D eigenvalue weighted by molar-refractivity contribution is 7.98. The van der Waals surface area contributed by atoms with Crippen LogP contribution in [0.5, 0.6) is 5.75 Å². The van der Waals surface area contributed by atoms with Gasteiger partial charge in [-0.05, 0) is 58.2 Å². The summed E-state index contributed by atoms with van der Waals surface area (Å²) in [6.45, 7) is 7.49. The smallest absolute Gasteiger partial charge is 0.326 e. The largest absolute Gasteiger partial charge is 0.481 e. The van der Waals surface area contributed by atoms with Gasteiger partial charge in [0.15, 0.2) is 6.10 Å². The Morgan fingerprint density at radius 3 is 2.32 bits per heavy atom. The lowest BCUT2D eigenvalue weighted by Gasteiger charge is -2.22. The Labute approximate surface area is 153 Å². The molecule has 25 heavy (non-hydrogen) atoms. The second-order valence-corrected chi connectivity index (χ2v) is 7.46. The third-order valence-corrected chi connectivity index (χ3v) is 4.04. The van der Waals surface area contributed by atoms with Gasteiger partial charge < -0.3 is 19.9 Å². The van der Waals surface area contributed by atoms with Crippen LogP contribution in [-0.2, 0) is 14.3 Å². The topological polar surface area (TPSA) is 84.9 Å². The predicted molar refractivity (Wildman–Crippen MR) is 98.2 cm³/mol. The molecule has 0 heterocycles. The van der Waals surface area contributed by atoms with Gasteiger partial charge in [0.05, 0.1) is 5.60 Å². The highest BCUT2D eigenvalue weighted by atomic mass is 32.2. The Morgan fingerprint density at radius 1 is 1.24 bits per heavy atom. The number of thioether (sulfide) groups is 1. The zero-order valence-corrected chi connectivity index (χ0v) is 16.2. The zero-order chi connectivity index (χ0) is 19.0. The molecule has 0 fully saturated rings. The fourth-order valence-corrected chi connectivity index (χ4v) is 2.35. The number of aliphatic carboxylic acids is 1. The number of carbonyl (C=O) groups excluding carboxylic acids is 1. The standard InChI is InChI=1S/C18H27NO5S/c1-12(24-13-6-8-14(25-5)9-7-13)16(20)19-15(17(21)22)10-11-23-18(2,3)4/h6-9,12,15H,10-11H2,1-5H3,(H,19,20)(H,21,22). The number of benzene rings is 1. The normalized spacial score (nSPS) is 13.8. The van der Waals surface area contributed by atoms with Crippen LogP contribution in [0, 0.1) is 0 Å². The first-order valence-corrected chi connectivity index (χ1v) is 9.32. The van der Waals surface area contributed by atoms with Gasteiger partial charge >= 0.3 is 5.97 Å². The molecule has 2 N–H and O–H groups in total. The summed E-state index contributed by atoms with van der Waals surface area (Å²) in [5.74, 6) is -1.01. The number of ether oxygens (including phenoxy) is 2. The highest BCUT2D eigenvalue weighted by Crippen LogP contribution is 2.19. The molecule has 1 amide bonds. The third-order valence-electron chi connectivity index (χ3n) is 3.30. The average Bonchev–Trinajstić information content (AvgIpc) is 2.53. The van der Waals surface area contributed by atoms with Crippen molar-refractivity contribution in [3.63, 3.8) is 0 Å². The molecule has 1 aromatic carbocycles. The van der Waals surface area contributed by atoms with E-state index in [1.54, 1.807) is 30.8 Å². The number of hydrogen-bond donors (Lipinski definition) is 2. The number of nitrogens with one attached hydrogen (secondary N) is 1. The van der Waals surface area contributed by atoms with Gasteiger partial charge in [0, 0.05) is 17.9 Å². The van der Waals surface area contributed by atoms with Gasteiger partial charge in [0.1, 0.15) is 11.8 Å². The van der Waals surface area contributed by atoms with Crippen molar-refractivity contribution in [2.45, 2.75) is 56.8 Å². The van der Waals surface area contributed by atoms with Crippen molar-refractivity contribution in [3.8, 4) is 5.75 Å². The fraction of sp³-hybridized carbons (Fsp3) is 0.556. The highest BCUT2D eigenvalue weighted by Gasteiger charge is 2.24. The van der Waals surface area contributed by atoms with Gasteiger partial charge in [-0.25, -0.2) is 4.79 Å². The number of amides is 1. The minimum Gasteiger partial charge on any atom is -0.481 e. The van der Waals surface area contributed by atoms with Gasteiger partial charge in [-0.15, -0.1) is 11.8 Å². The number of carboxylic acids is 1. The van der Waals surface area contributed by atoms with E-state index < -0.39 is 24.0 Å². The average molecular weight is 369 g/mol. The van der Waals surface area contributed by atoms with Crippen molar-refractivity contribution >= 4 is 23.6 Å². The first-order valence-electron chi connectivity index (χ1n) is 8.10. The summed E-state index contributed by atoms with van der Waals surface area (Å²) >= 11 is 1.61. The van der Waals surface area contributed by atoms with Crippen LogP contribution in [0.3, 0.4) is 0 Å². The summed E-state index contributed by atoms with van der Waals surface area (Å²) in [5, 5.41) is 11.8. The van der Waals surface area contributed by atoms with Gasteiger partial charge in [0.25, 0.3) is 5.91 Å². The quantitative estimate of drug-likeness (QED) is 0.651. The second kappa shape index (κ2) is 9.68. The third kappa shape index (κ3) is 8.27. The molecule has 0 spiro atoms. The van der Waals surface area contributed by atoms with Gasteiger partial charge in [-0.3, -0.25) is 4.79 Å². The lowest BCUT2D eigenvalue weighted by molar-refractivity contribution is -0.143. The van der Waals surface area contributed by atoms with Crippen LogP contribution in [0.25, 0.3) is 0 Å². The van der Waals surface area contributed by atoms with Crippen LogP contribution in [0.4, 0.5) is 0 Å². The molecule has 0 radical (unpaired) electrons. The molecule has 0 aliphatic carbocycles. The number of carbonyl (C=O) groups is 2. The minimum atomic E-state index is -1.10. The Bertz CT molecular complexity index is 568. The molecular formula is C18H27NO5S. The van der Waals surface area contributed by atoms with Crippen molar-refractivity contribution in [3.05, 3.63) is 24.3 Å². The molecule has 140 valence electrons. The predicted octanol–water partition coefficient (Wildman–Crippen LogP) is 2.95. The van der Waals surface area contributed by atoms with Gasteiger partial charge in [-0.1, -0.05) is 0 Å². The molecule has 0 saturated heterocycles. The number of rotatable bonds is 9. The molecule has 0 aliphatic rings. The van der Waals surface area contributed by atoms with E-state index in [9.17, 15) is 14.7 Å². The molecule has 2 atom stereocenters. The molecule has 0 aliphatic heterocycles. The minimum absolute atomic E-state index is 0.188. The zero-order valence-electron chi connectivity index (χ0n) is 15.4. The Kier molecular flexibility index (Phi) is 8.25. The lowest BCUT2D eigenvalue weighted by Crippen LogP contribution is -2.47. The van der Waals surface area contributed by atoms with Crippen LogP contribution in [0.2, 0.25) is 0 Å². The van der Waals surface area contributed by atoms with Crippen LogP contribution in [0.15, 0.2) is 29.2 Å². The molecule has 0 aromatic heterocycles. The molecule has 6 nitrogen and oxygen atoms in total. The van der Waals surface area contributed by atoms with Crippen molar-refractivity contribution in [2.24, 2.45) is 0 Å². The molecule has 1 rings (SSSR count). The SMILES string of the molecule is CSc1ccc(OC(C)C(=O)NC(CCOC(C)(C)C)C(=O)O)cc1. The van der Waals surface area contributed by atoms with Crippen LogP contribution >= 0.6 is 11.8 Å². The van der Waals surface area contributed by atoms with E-state index >= 15 is 0 Å². The first kappa shape index (κ1) is 21.3. The Morgan fingerprint density at radius 2 is 1.84 bits per heavy atom. The molecule has 2 unspecified atom stereocenters. The van der Waals surface area contributed by atoms with Crippen molar-refractivity contribution in [1.82, 2.24) is 5.32 Å². The van der Waals surface area contributed by atoms with Crippen molar-refractivity contribution in [1.29, 1.82) is 0 Å². The maximum atomic E-state index is 12.2. The first-order chi connectivity index (χ1) is 11.6. The molecule has 7 heteroatoms. The van der Waals surface area contributed by atoms with E-state index in [0.717, 1.165) is 4.90 Å². The number of hydrogen-bond acceptors (Lipinski definition) is 5. The van der Waals surface area contributed by atoms with Crippen LogP contribution in [0.1, 0.15) is 34.1 Å². The molecule has 0 bridgehead atoms. The van der Waals surface area contributed by atoms with E-state index in [1.807, 2.05) is 39.2 Å². The Balaban J connectivity index is 2.55. The molecule has 0 saturated carbocycles. The second-order valence-electron chi connectivity index (χ2n) is 6.58. The number of carboxylic acid groups (broad SMARTS) is 1. The lowest BCUT2D eigenvalue weighted by atomic mass is 10.1. The summed E-state index contributed by atoms with van der Waals surface area (Å²) in [6, 6.07) is 6.34. The summed E-state index contributed by atoms with van der Waals surface area (Å²) in [6.07, 6.45) is 1.36. The van der Waals surface area contributed by atoms with Gasteiger partial charge in [-0.2, -0.15) is 0 Å². The fourth-order valence-electron chi connectivity index (χ4n) is 1.94. The van der Waals surface area contributed by atoms with Gasteiger partial charge in [0.2, 0.25) is 0 Å².